The Bertz CT molecular complexity index is 1260. The second-order valence-corrected chi connectivity index (χ2v) is 8.81. The van der Waals surface area contributed by atoms with Crippen molar-refractivity contribution in [1.82, 2.24) is 0 Å². The molecule has 3 aromatic rings. The number of anilines is 1. The summed E-state index contributed by atoms with van der Waals surface area (Å²) in [5, 5.41) is 7.60. The Labute approximate surface area is 197 Å². The van der Waals surface area contributed by atoms with Crippen LogP contribution in [0.2, 0.25) is 0 Å². The van der Waals surface area contributed by atoms with E-state index >= 15 is 0 Å². The fourth-order valence-electron chi connectivity index (χ4n) is 2.90. The lowest BCUT2D eigenvalue weighted by Gasteiger charge is -2.15. The number of methoxy groups -OCH3 is 1. The minimum Gasteiger partial charge on any atom is -0.493 e. The summed E-state index contributed by atoms with van der Waals surface area (Å²) in [5.74, 6) is -0.513. The maximum Gasteiger partial charge on any atom is 0.339 e. The van der Waals surface area contributed by atoms with Gasteiger partial charge < -0.3 is 19.5 Å². The summed E-state index contributed by atoms with van der Waals surface area (Å²) in [6.45, 7) is 1.75. The van der Waals surface area contributed by atoms with E-state index in [1.54, 1.807) is 6.07 Å². The predicted molar refractivity (Wildman–Crippen MR) is 125 cm³/mol. The van der Waals surface area contributed by atoms with E-state index in [2.05, 4.69) is 5.32 Å². The fourth-order valence-corrected chi connectivity index (χ4v) is 3.42. The molecule has 0 aliphatic rings. The number of esters is 1. The van der Waals surface area contributed by atoms with Crippen molar-refractivity contribution in [3.8, 4) is 11.5 Å². The van der Waals surface area contributed by atoms with E-state index in [0.29, 0.717) is 23.8 Å². The molecule has 0 saturated carbocycles. The van der Waals surface area contributed by atoms with Crippen LogP contribution < -0.4 is 19.9 Å². The van der Waals surface area contributed by atoms with Crippen LogP contribution in [0, 0.1) is 0 Å². The molecule has 34 heavy (non-hydrogen) atoms. The third-order valence-corrected chi connectivity index (χ3v) is 5.67. The summed E-state index contributed by atoms with van der Waals surface area (Å²) in [5.41, 5.74) is 1.48. The van der Waals surface area contributed by atoms with Crippen molar-refractivity contribution in [2.75, 3.05) is 12.4 Å². The molecular formula is C24H24N2O7S. The predicted octanol–water partition coefficient (Wildman–Crippen LogP) is 3.11. The maximum absolute atomic E-state index is 12.5. The van der Waals surface area contributed by atoms with E-state index in [0.717, 1.165) is 5.56 Å². The molecule has 3 N–H and O–H groups in total. The second-order valence-electron chi connectivity index (χ2n) is 7.25. The van der Waals surface area contributed by atoms with Crippen molar-refractivity contribution in [2.24, 2.45) is 5.14 Å². The number of primary sulfonamides is 1. The lowest BCUT2D eigenvalue weighted by molar-refractivity contribution is -0.123. The molecule has 0 bridgehead atoms. The number of hydrogen-bond donors (Lipinski definition) is 2. The average molecular weight is 485 g/mol. The molecule has 1 unspecified atom stereocenters. The Morgan fingerprint density at radius 3 is 2.26 bits per heavy atom. The SMILES string of the molecule is COc1cc(C(=O)OC(C)C(=O)Nc2ccc(S(N)(=O)=O)cc2)ccc1OCc1ccccc1. The van der Waals surface area contributed by atoms with Crippen molar-refractivity contribution < 1.29 is 32.2 Å². The van der Waals surface area contributed by atoms with E-state index < -0.39 is 28.0 Å². The molecule has 1 amide bonds. The summed E-state index contributed by atoms with van der Waals surface area (Å²) in [4.78, 5) is 24.8. The van der Waals surface area contributed by atoms with Gasteiger partial charge in [0.05, 0.1) is 17.6 Å². The van der Waals surface area contributed by atoms with Crippen LogP contribution in [-0.4, -0.2) is 33.5 Å². The first-order valence-corrected chi connectivity index (χ1v) is 11.7. The molecule has 0 aromatic heterocycles. The number of nitrogens with one attached hydrogen (secondary N) is 1. The van der Waals surface area contributed by atoms with Crippen molar-refractivity contribution in [2.45, 2.75) is 24.5 Å². The highest BCUT2D eigenvalue weighted by Gasteiger charge is 2.20. The molecule has 10 heteroatoms. The van der Waals surface area contributed by atoms with Gasteiger partial charge in [-0.1, -0.05) is 30.3 Å². The Kier molecular flexibility index (Phi) is 7.87. The number of rotatable bonds is 9. The van der Waals surface area contributed by atoms with Gasteiger partial charge in [-0.25, -0.2) is 18.4 Å². The summed E-state index contributed by atoms with van der Waals surface area (Å²) >= 11 is 0. The molecule has 0 heterocycles. The van der Waals surface area contributed by atoms with E-state index in [1.165, 1.54) is 50.4 Å². The molecule has 0 aliphatic heterocycles. The van der Waals surface area contributed by atoms with Gasteiger partial charge in [0.1, 0.15) is 6.61 Å². The highest BCUT2D eigenvalue weighted by atomic mass is 32.2. The number of hydrogen-bond acceptors (Lipinski definition) is 7. The van der Waals surface area contributed by atoms with Gasteiger partial charge >= 0.3 is 5.97 Å². The molecule has 1 atom stereocenters. The Hall–Kier alpha value is -3.89. The Morgan fingerprint density at radius 2 is 1.65 bits per heavy atom. The third-order valence-electron chi connectivity index (χ3n) is 4.74. The van der Waals surface area contributed by atoms with E-state index in [-0.39, 0.29) is 10.5 Å². The van der Waals surface area contributed by atoms with Crippen LogP contribution in [0.1, 0.15) is 22.8 Å². The topological polar surface area (TPSA) is 134 Å². The molecule has 0 saturated heterocycles. The molecular weight excluding hydrogens is 460 g/mol. The number of ether oxygens (including phenoxy) is 3. The first kappa shape index (κ1) is 24.7. The van der Waals surface area contributed by atoms with Gasteiger partial charge in [-0.15, -0.1) is 0 Å². The summed E-state index contributed by atoms with van der Waals surface area (Å²) in [6, 6.07) is 19.4. The second kappa shape index (κ2) is 10.8. The quantitative estimate of drug-likeness (QED) is 0.446. The molecule has 0 radical (unpaired) electrons. The van der Waals surface area contributed by atoms with Crippen LogP contribution in [-0.2, 0) is 26.2 Å². The smallest absolute Gasteiger partial charge is 0.339 e. The molecule has 0 spiro atoms. The van der Waals surface area contributed by atoms with Crippen molar-refractivity contribution >= 4 is 27.6 Å². The number of amides is 1. The van der Waals surface area contributed by atoms with Gasteiger partial charge in [0.2, 0.25) is 10.0 Å². The zero-order valence-corrected chi connectivity index (χ0v) is 19.4. The van der Waals surface area contributed by atoms with Crippen LogP contribution in [0.15, 0.2) is 77.7 Å². The lowest BCUT2D eigenvalue weighted by atomic mass is 10.2. The molecule has 9 nitrogen and oxygen atoms in total. The van der Waals surface area contributed by atoms with Crippen molar-refractivity contribution in [1.29, 1.82) is 0 Å². The van der Waals surface area contributed by atoms with Gasteiger partial charge in [0.15, 0.2) is 17.6 Å². The standard InChI is InChI=1S/C24H24N2O7S/c1-16(23(27)26-19-9-11-20(12-10-19)34(25,29)30)33-24(28)18-8-13-21(22(14-18)31-2)32-15-17-6-4-3-5-7-17/h3-14,16H,15H2,1-2H3,(H,26,27)(H2,25,29,30). The first-order valence-electron chi connectivity index (χ1n) is 10.2. The van der Waals surface area contributed by atoms with Crippen molar-refractivity contribution in [3.63, 3.8) is 0 Å². The minimum absolute atomic E-state index is 0.0879. The van der Waals surface area contributed by atoms with Gasteiger partial charge in [-0.3, -0.25) is 4.79 Å². The van der Waals surface area contributed by atoms with Crippen LogP contribution in [0.5, 0.6) is 11.5 Å². The van der Waals surface area contributed by atoms with Gasteiger partial charge in [0.25, 0.3) is 5.91 Å². The van der Waals surface area contributed by atoms with E-state index in [9.17, 15) is 18.0 Å². The number of sulfonamides is 1. The zero-order valence-electron chi connectivity index (χ0n) is 18.6. The lowest BCUT2D eigenvalue weighted by Crippen LogP contribution is -2.30. The number of carbonyl (C=O) groups is 2. The Balaban J connectivity index is 1.60. The normalized spacial score (nSPS) is 11.9. The largest absolute Gasteiger partial charge is 0.493 e. The monoisotopic (exact) mass is 484 g/mol. The molecule has 0 fully saturated rings. The maximum atomic E-state index is 12.5. The van der Waals surface area contributed by atoms with Crippen molar-refractivity contribution in [3.05, 3.63) is 83.9 Å². The first-order chi connectivity index (χ1) is 16.2. The van der Waals surface area contributed by atoms with Gasteiger partial charge in [0, 0.05) is 5.69 Å². The summed E-state index contributed by atoms with van der Waals surface area (Å²) < 4.78 is 39.0. The number of benzene rings is 3. The molecule has 0 aliphatic carbocycles. The highest BCUT2D eigenvalue weighted by molar-refractivity contribution is 7.89. The van der Waals surface area contributed by atoms with Crippen LogP contribution in [0.3, 0.4) is 0 Å². The van der Waals surface area contributed by atoms with Crippen LogP contribution in [0.25, 0.3) is 0 Å². The molecule has 3 aromatic carbocycles. The number of nitrogens with two attached hydrogens (primary N) is 1. The van der Waals surface area contributed by atoms with E-state index in [4.69, 9.17) is 19.3 Å². The van der Waals surface area contributed by atoms with Crippen LogP contribution >= 0.6 is 0 Å². The fraction of sp³-hybridized carbons (Fsp3) is 0.167. The minimum atomic E-state index is -3.84. The summed E-state index contributed by atoms with van der Waals surface area (Å²) in [6.07, 6.45) is -1.12. The van der Waals surface area contributed by atoms with Crippen LogP contribution in [0.4, 0.5) is 5.69 Å². The Morgan fingerprint density at radius 1 is 0.971 bits per heavy atom. The zero-order chi connectivity index (χ0) is 24.7. The summed E-state index contributed by atoms with van der Waals surface area (Å²) in [7, 11) is -2.38. The average Bonchev–Trinajstić information content (AvgIpc) is 2.83. The van der Waals surface area contributed by atoms with E-state index in [1.807, 2.05) is 30.3 Å². The third kappa shape index (κ3) is 6.56. The van der Waals surface area contributed by atoms with Gasteiger partial charge in [-0.2, -0.15) is 0 Å². The highest BCUT2D eigenvalue weighted by Crippen LogP contribution is 2.29. The molecule has 178 valence electrons. The van der Waals surface area contributed by atoms with Gasteiger partial charge in [-0.05, 0) is 55.0 Å². The number of carbonyl (C=O) groups excluding carboxylic acids is 2. The molecule has 3 rings (SSSR count).